The number of nitrogens with one attached hydrogen (secondary N) is 1. The SMILES string of the molecule is N=c1ccn(CC(O)C(=O)O)cc1. The molecule has 0 saturated carbocycles. The average molecular weight is 182 g/mol. The fraction of sp³-hybridized carbons (Fsp3) is 0.250. The minimum absolute atomic E-state index is 0.00435. The maximum absolute atomic E-state index is 10.3. The van der Waals surface area contributed by atoms with Crippen LogP contribution in [0.3, 0.4) is 0 Å². The minimum atomic E-state index is -1.40. The van der Waals surface area contributed by atoms with E-state index in [0.717, 1.165) is 0 Å². The zero-order chi connectivity index (χ0) is 9.84. The maximum Gasteiger partial charge on any atom is 0.334 e. The highest BCUT2D eigenvalue weighted by molar-refractivity contribution is 5.71. The van der Waals surface area contributed by atoms with Crippen LogP contribution in [0.25, 0.3) is 0 Å². The molecule has 70 valence electrons. The molecule has 0 aliphatic heterocycles. The first-order chi connectivity index (χ1) is 6.09. The summed E-state index contributed by atoms with van der Waals surface area (Å²) in [5.74, 6) is -1.25. The van der Waals surface area contributed by atoms with Crippen molar-refractivity contribution in [1.29, 1.82) is 5.41 Å². The molecule has 1 atom stereocenters. The van der Waals surface area contributed by atoms with Crippen LogP contribution in [-0.4, -0.2) is 26.9 Å². The molecule has 0 saturated heterocycles. The minimum Gasteiger partial charge on any atom is -0.479 e. The number of hydrogen-bond acceptors (Lipinski definition) is 3. The van der Waals surface area contributed by atoms with Gasteiger partial charge in [-0.15, -0.1) is 0 Å². The van der Waals surface area contributed by atoms with Gasteiger partial charge in [-0.2, -0.15) is 0 Å². The topological polar surface area (TPSA) is 86.3 Å². The highest BCUT2D eigenvalue weighted by Crippen LogP contribution is 1.90. The van der Waals surface area contributed by atoms with Gasteiger partial charge < -0.3 is 20.2 Å². The van der Waals surface area contributed by atoms with E-state index in [4.69, 9.17) is 15.6 Å². The maximum atomic E-state index is 10.3. The molecular formula is C8H10N2O3. The predicted octanol–water partition coefficient (Wildman–Crippen LogP) is -0.587. The monoisotopic (exact) mass is 182 g/mol. The number of aromatic nitrogens is 1. The van der Waals surface area contributed by atoms with Gasteiger partial charge in [0.1, 0.15) is 0 Å². The Morgan fingerprint density at radius 3 is 2.54 bits per heavy atom. The first kappa shape index (κ1) is 9.47. The first-order valence-corrected chi connectivity index (χ1v) is 3.71. The van der Waals surface area contributed by atoms with Gasteiger partial charge in [-0.05, 0) is 12.1 Å². The zero-order valence-electron chi connectivity index (χ0n) is 6.84. The van der Waals surface area contributed by atoms with Crippen molar-refractivity contribution in [2.45, 2.75) is 12.6 Å². The molecule has 0 radical (unpaired) electrons. The lowest BCUT2D eigenvalue weighted by molar-refractivity contribution is -0.147. The summed E-state index contributed by atoms with van der Waals surface area (Å²) >= 11 is 0. The number of aliphatic carboxylic acids is 1. The number of carboxylic acid groups (broad SMARTS) is 1. The van der Waals surface area contributed by atoms with Crippen LogP contribution in [0, 0.1) is 5.41 Å². The molecule has 5 nitrogen and oxygen atoms in total. The molecule has 0 aromatic carbocycles. The van der Waals surface area contributed by atoms with E-state index in [1.165, 1.54) is 16.7 Å². The van der Waals surface area contributed by atoms with Crippen LogP contribution in [-0.2, 0) is 11.3 Å². The Bertz CT molecular complexity index is 338. The molecular weight excluding hydrogens is 172 g/mol. The number of pyridine rings is 1. The number of carboxylic acids is 1. The largest absolute Gasteiger partial charge is 0.479 e. The van der Waals surface area contributed by atoms with E-state index in [1.807, 2.05) is 0 Å². The second-order valence-corrected chi connectivity index (χ2v) is 2.64. The quantitative estimate of drug-likeness (QED) is 0.584. The fourth-order valence-corrected chi connectivity index (χ4v) is 0.857. The van der Waals surface area contributed by atoms with Crippen molar-refractivity contribution in [3.05, 3.63) is 29.9 Å². The molecule has 1 rings (SSSR count). The molecule has 0 bridgehead atoms. The van der Waals surface area contributed by atoms with Gasteiger partial charge in [0, 0.05) is 12.4 Å². The number of hydrogen-bond donors (Lipinski definition) is 3. The van der Waals surface area contributed by atoms with Crippen LogP contribution >= 0.6 is 0 Å². The van der Waals surface area contributed by atoms with Crippen LogP contribution in [0.2, 0.25) is 0 Å². The number of aliphatic hydroxyl groups is 1. The third kappa shape index (κ3) is 2.72. The fourth-order valence-electron chi connectivity index (χ4n) is 0.857. The second-order valence-electron chi connectivity index (χ2n) is 2.64. The van der Waals surface area contributed by atoms with E-state index in [-0.39, 0.29) is 6.54 Å². The summed E-state index contributed by atoms with van der Waals surface area (Å²) in [7, 11) is 0. The van der Waals surface area contributed by atoms with Crippen molar-refractivity contribution >= 4 is 5.97 Å². The van der Waals surface area contributed by atoms with Gasteiger partial charge in [0.05, 0.1) is 11.9 Å². The van der Waals surface area contributed by atoms with Crippen LogP contribution in [0.15, 0.2) is 24.5 Å². The van der Waals surface area contributed by atoms with E-state index < -0.39 is 12.1 Å². The van der Waals surface area contributed by atoms with Crippen molar-refractivity contribution in [1.82, 2.24) is 4.57 Å². The molecule has 0 fully saturated rings. The van der Waals surface area contributed by atoms with Gasteiger partial charge in [-0.1, -0.05) is 0 Å². The summed E-state index contributed by atoms with van der Waals surface area (Å²) in [5, 5.41) is 24.9. The number of carbonyl (C=O) groups is 1. The van der Waals surface area contributed by atoms with Crippen LogP contribution in [0.1, 0.15) is 0 Å². The summed E-state index contributed by atoms with van der Waals surface area (Å²) < 4.78 is 1.51. The molecule has 0 spiro atoms. The molecule has 1 unspecified atom stereocenters. The second kappa shape index (κ2) is 3.86. The van der Waals surface area contributed by atoms with E-state index >= 15 is 0 Å². The van der Waals surface area contributed by atoms with Gasteiger partial charge in [-0.3, -0.25) is 0 Å². The van der Waals surface area contributed by atoms with Gasteiger partial charge >= 0.3 is 5.97 Å². The van der Waals surface area contributed by atoms with E-state index in [2.05, 4.69) is 0 Å². The molecule has 3 N–H and O–H groups in total. The Labute approximate surface area is 74.4 Å². The van der Waals surface area contributed by atoms with Gasteiger partial charge in [0.25, 0.3) is 0 Å². The first-order valence-electron chi connectivity index (χ1n) is 3.71. The summed E-state index contributed by atoms with van der Waals surface area (Å²) in [5.41, 5.74) is 0. The highest BCUT2D eigenvalue weighted by atomic mass is 16.4. The zero-order valence-corrected chi connectivity index (χ0v) is 6.84. The Morgan fingerprint density at radius 1 is 1.54 bits per heavy atom. The molecule has 0 aliphatic carbocycles. The normalized spacial score (nSPS) is 12.4. The Morgan fingerprint density at radius 2 is 2.08 bits per heavy atom. The van der Waals surface area contributed by atoms with Crippen molar-refractivity contribution < 1.29 is 15.0 Å². The molecule has 1 heterocycles. The van der Waals surface area contributed by atoms with Crippen molar-refractivity contribution in [3.8, 4) is 0 Å². The average Bonchev–Trinajstić information content (AvgIpc) is 2.08. The molecule has 1 aromatic heterocycles. The van der Waals surface area contributed by atoms with Gasteiger partial charge in [0.15, 0.2) is 6.10 Å². The molecule has 13 heavy (non-hydrogen) atoms. The third-order valence-corrected chi connectivity index (χ3v) is 1.56. The lowest BCUT2D eigenvalue weighted by atomic mass is 10.3. The molecule has 1 aromatic rings. The van der Waals surface area contributed by atoms with E-state index in [9.17, 15) is 4.79 Å². The Kier molecular flexibility index (Phi) is 2.81. The summed E-state index contributed by atoms with van der Waals surface area (Å²) in [4.78, 5) is 10.3. The highest BCUT2D eigenvalue weighted by Gasteiger charge is 2.12. The summed E-state index contributed by atoms with van der Waals surface area (Å²) in [6.07, 6.45) is 1.70. The lowest BCUT2D eigenvalue weighted by Crippen LogP contribution is -2.25. The molecule has 0 aliphatic rings. The summed E-state index contributed by atoms with van der Waals surface area (Å²) in [6.45, 7) is -0.00435. The smallest absolute Gasteiger partial charge is 0.334 e. The van der Waals surface area contributed by atoms with E-state index in [0.29, 0.717) is 5.36 Å². The van der Waals surface area contributed by atoms with Gasteiger partial charge in [-0.25, -0.2) is 4.79 Å². The molecule has 5 heteroatoms. The van der Waals surface area contributed by atoms with Crippen LogP contribution in [0.4, 0.5) is 0 Å². The lowest BCUT2D eigenvalue weighted by Gasteiger charge is -2.08. The third-order valence-electron chi connectivity index (χ3n) is 1.56. The number of nitrogens with zero attached hydrogens (tertiary/aromatic N) is 1. The van der Waals surface area contributed by atoms with Crippen LogP contribution in [0.5, 0.6) is 0 Å². The predicted molar refractivity (Wildman–Crippen MR) is 43.9 cm³/mol. The number of rotatable bonds is 3. The standard InChI is InChI=1S/C8H10N2O3/c9-6-1-3-10(4-2-6)5-7(11)8(12)13/h1-4,7,9,11H,5H2,(H,12,13). The Hall–Kier alpha value is -1.62. The number of aliphatic hydroxyl groups excluding tert-OH is 1. The van der Waals surface area contributed by atoms with Gasteiger partial charge in [0.2, 0.25) is 0 Å². The summed E-state index contributed by atoms with van der Waals surface area (Å²) in [6, 6.07) is 3.04. The van der Waals surface area contributed by atoms with E-state index in [1.54, 1.807) is 12.4 Å². The Balaban J connectivity index is 2.70. The van der Waals surface area contributed by atoms with Crippen LogP contribution < -0.4 is 5.36 Å². The van der Waals surface area contributed by atoms with Crippen molar-refractivity contribution in [3.63, 3.8) is 0 Å². The van der Waals surface area contributed by atoms with Crippen molar-refractivity contribution in [2.75, 3.05) is 0 Å². The molecule has 0 amide bonds. The van der Waals surface area contributed by atoms with Crippen molar-refractivity contribution in [2.24, 2.45) is 0 Å².